The topological polar surface area (TPSA) is 127 Å². The molecule has 224 valence electrons. The molecule has 1 unspecified atom stereocenters. The molecule has 1 saturated heterocycles. The SMILES string of the molecule is CCOC(=O)c1[nH]c(C2CCCCN2C(=O)OC(C)(C)C)nc1-c1ccc(C(=O)Nc2cc(C(F)(F)F)ccn2)cc1. The summed E-state index contributed by atoms with van der Waals surface area (Å²) in [6, 6.07) is 7.12. The molecule has 1 aliphatic heterocycles. The lowest BCUT2D eigenvalue weighted by atomic mass is 10.0. The van der Waals surface area contributed by atoms with E-state index < -0.39 is 41.4 Å². The van der Waals surface area contributed by atoms with E-state index in [9.17, 15) is 27.6 Å². The van der Waals surface area contributed by atoms with Crippen LogP contribution in [0.15, 0.2) is 42.6 Å². The van der Waals surface area contributed by atoms with Crippen molar-refractivity contribution in [3.63, 3.8) is 0 Å². The Morgan fingerprint density at radius 3 is 2.45 bits per heavy atom. The normalized spacial score (nSPS) is 15.7. The molecule has 0 bridgehead atoms. The average molecular weight is 588 g/mol. The number of pyridine rings is 1. The van der Waals surface area contributed by atoms with Gasteiger partial charge in [-0.1, -0.05) is 12.1 Å². The average Bonchev–Trinajstić information content (AvgIpc) is 3.38. The number of benzene rings is 1. The largest absolute Gasteiger partial charge is 0.461 e. The van der Waals surface area contributed by atoms with Crippen LogP contribution in [-0.2, 0) is 15.7 Å². The Hall–Kier alpha value is -4.42. The highest BCUT2D eigenvalue weighted by Gasteiger charge is 2.35. The molecule has 0 radical (unpaired) electrons. The summed E-state index contributed by atoms with van der Waals surface area (Å²) in [6.45, 7) is 7.62. The number of likely N-dealkylation sites (tertiary alicyclic amines) is 1. The van der Waals surface area contributed by atoms with Crippen molar-refractivity contribution in [3.05, 3.63) is 65.2 Å². The molecule has 2 aromatic heterocycles. The van der Waals surface area contributed by atoms with Gasteiger partial charge in [-0.05, 0) is 71.2 Å². The summed E-state index contributed by atoms with van der Waals surface area (Å²) in [5.41, 5.74) is -0.637. The maximum atomic E-state index is 13.0. The lowest BCUT2D eigenvalue weighted by molar-refractivity contribution is -0.137. The van der Waals surface area contributed by atoms with Crippen molar-refractivity contribution in [2.75, 3.05) is 18.5 Å². The number of aromatic nitrogens is 3. The van der Waals surface area contributed by atoms with Crippen LogP contribution >= 0.6 is 0 Å². The monoisotopic (exact) mass is 587 g/mol. The van der Waals surface area contributed by atoms with Gasteiger partial charge < -0.3 is 19.8 Å². The highest BCUT2D eigenvalue weighted by Crippen LogP contribution is 2.34. The van der Waals surface area contributed by atoms with E-state index in [1.165, 1.54) is 12.1 Å². The number of H-pyrrole nitrogens is 1. The van der Waals surface area contributed by atoms with E-state index in [4.69, 9.17) is 9.47 Å². The van der Waals surface area contributed by atoms with Gasteiger partial charge in [0, 0.05) is 23.9 Å². The van der Waals surface area contributed by atoms with Gasteiger partial charge in [-0.3, -0.25) is 9.69 Å². The van der Waals surface area contributed by atoms with Crippen LogP contribution in [-0.4, -0.2) is 56.6 Å². The first-order valence-corrected chi connectivity index (χ1v) is 13.5. The zero-order valence-corrected chi connectivity index (χ0v) is 23.7. The standard InChI is InChI=1S/C29H32F3N5O5/c1-5-41-26(39)23-22(35-24(36-23)20-8-6-7-15-37(20)27(40)42-28(2,3)4)17-9-11-18(12-10-17)25(38)34-21-16-19(13-14-33-21)29(30,31)32/h9-14,16,20H,5-8,15H2,1-4H3,(H,35,36)(H,33,34,38). The van der Waals surface area contributed by atoms with Gasteiger partial charge in [0.1, 0.15) is 22.9 Å². The predicted molar refractivity (Wildman–Crippen MR) is 147 cm³/mol. The highest BCUT2D eigenvalue weighted by molar-refractivity contribution is 6.04. The number of alkyl halides is 3. The van der Waals surface area contributed by atoms with E-state index in [2.05, 4.69) is 20.3 Å². The van der Waals surface area contributed by atoms with Crippen LogP contribution in [0.1, 0.15) is 85.2 Å². The molecule has 1 aromatic carbocycles. The molecule has 42 heavy (non-hydrogen) atoms. The first kappa shape index (κ1) is 30.5. The Kier molecular flexibility index (Phi) is 8.88. The minimum atomic E-state index is -4.58. The molecule has 2 N–H and O–H groups in total. The Bertz CT molecular complexity index is 1450. The van der Waals surface area contributed by atoms with Crippen LogP contribution in [0.3, 0.4) is 0 Å². The van der Waals surface area contributed by atoms with Gasteiger partial charge in [0.25, 0.3) is 5.91 Å². The van der Waals surface area contributed by atoms with Crippen LogP contribution in [0.25, 0.3) is 11.3 Å². The summed E-state index contributed by atoms with van der Waals surface area (Å²) in [6.07, 6.45) is -1.84. The number of carbonyl (C=O) groups excluding carboxylic acids is 3. The van der Waals surface area contributed by atoms with Crippen molar-refractivity contribution in [1.29, 1.82) is 0 Å². The summed E-state index contributed by atoms with van der Waals surface area (Å²) < 4.78 is 49.9. The number of hydrogen-bond donors (Lipinski definition) is 2. The number of anilines is 1. The molecule has 2 amide bonds. The molecule has 3 aromatic rings. The van der Waals surface area contributed by atoms with Crippen molar-refractivity contribution >= 4 is 23.8 Å². The van der Waals surface area contributed by atoms with E-state index in [-0.39, 0.29) is 29.4 Å². The Morgan fingerprint density at radius 1 is 1.10 bits per heavy atom. The Balaban J connectivity index is 1.61. The van der Waals surface area contributed by atoms with Crippen molar-refractivity contribution in [1.82, 2.24) is 19.9 Å². The number of aromatic amines is 1. The number of rotatable bonds is 6. The van der Waals surface area contributed by atoms with E-state index in [0.717, 1.165) is 31.2 Å². The van der Waals surface area contributed by atoms with Crippen molar-refractivity contribution in [3.8, 4) is 11.3 Å². The molecule has 3 heterocycles. The quantitative estimate of drug-likeness (QED) is 0.321. The van der Waals surface area contributed by atoms with Gasteiger partial charge in [-0.25, -0.2) is 19.6 Å². The van der Waals surface area contributed by atoms with Crippen molar-refractivity contribution < 1.29 is 37.0 Å². The highest BCUT2D eigenvalue weighted by atomic mass is 19.4. The molecule has 4 rings (SSSR count). The number of esters is 1. The minimum absolute atomic E-state index is 0.0897. The van der Waals surface area contributed by atoms with Crippen molar-refractivity contribution in [2.45, 2.75) is 64.8 Å². The second kappa shape index (κ2) is 12.2. The van der Waals surface area contributed by atoms with E-state index >= 15 is 0 Å². The van der Waals surface area contributed by atoms with Gasteiger partial charge in [-0.15, -0.1) is 0 Å². The van der Waals surface area contributed by atoms with E-state index in [0.29, 0.717) is 24.4 Å². The fraction of sp³-hybridized carbons (Fsp3) is 0.414. The Labute approximate surface area is 240 Å². The molecule has 1 fully saturated rings. The van der Waals surface area contributed by atoms with Crippen LogP contribution in [0.4, 0.5) is 23.8 Å². The van der Waals surface area contributed by atoms with Gasteiger partial charge in [-0.2, -0.15) is 13.2 Å². The lowest BCUT2D eigenvalue weighted by Gasteiger charge is -2.35. The van der Waals surface area contributed by atoms with Gasteiger partial charge in [0.2, 0.25) is 0 Å². The third-order valence-electron chi connectivity index (χ3n) is 6.40. The molecule has 13 heteroatoms. The Morgan fingerprint density at radius 2 is 1.81 bits per heavy atom. The molecule has 0 spiro atoms. The molecular formula is C29H32F3N5O5. The van der Waals surface area contributed by atoms with Crippen LogP contribution < -0.4 is 5.32 Å². The summed E-state index contributed by atoms with van der Waals surface area (Å²) in [4.78, 5) is 51.7. The molecule has 0 aliphatic carbocycles. The molecular weight excluding hydrogens is 555 g/mol. The van der Waals surface area contributed by atoms with Gasteiger partial charge in [0.15, 0.2) is 5.69 Å². The van der Waals surface area contributed by atoms with Gasteiger partial charge in [0.05, 0.1) is 18.2 Å². The number of ether oxygens (including phenoxy) is 2. The van der Waals surface area contributed by atoms with E-state index in [1.807, 2.05) is 0 Å². The number of halogens is 3. The molecule has 1 atom stereocenters. The second-order valence-corrected chi connectivity index (χ2v) is 10.7. The fourth-order valence-corrected chi connectivity index (χ4v) is 4.51. The fourth-order valence-electron chi connectivity index (χ4n) is 4.51. The molecule has 1 aliphatic rings. The predicted octanol–water partition coefficient (Wildman–Crippen LogP) is 6.38. The number of amides is 2. The maximum absolute atomic E-state index is 13.0. The number of hydrogen-bond acceptors (Lipinski definition) is 7. The third-order valence-corrected chi connectivity index (χ3v) is 6.40. The minimum Gasteiger partial charge on any atom is -0.461 e. The first-order chi connectivity index (χ1) is 19.8. The summed E-state index contributed by atoms with van der Waals surface area (Å²) >= 11 is 0. The van der Waals surface area contributed by atoms with Crippen molar-refractivity contribution in [2.24, 2.45) is 0 Å². The second-order valence-electron chi connectivity index (χ2n) is 10.7. The summed E-state index contributed by atoms with van der Waals surface area (Å²) in [5, 5.41) is 2.36. The molecule has 10 nitrogen and oxygen atoms in total. The molecule has 0 saturated carbocycles. The number of imidazole rings is 1. The lowest BCUT2D eigenvalue weighted by Crippen LogP contribution is -2.42. The van der Waals surface area contributed by atoms with Crippen LogP contribution in [0, 0.1) is 0 Å². The number of carbonyl (C=O) groups is 3. The van der Waals surface area contributed by atoms with Crippen LogP contribution in [0.2, 0.25) is 0 Å². The number of nitrogens with one attached hydrogen (secondary N) is 2. The maximum Gasteiger partial charge on any atom is 0.416 e. The summed E-state index contributed by atoms with van der Waals surface area (Å²) in [5.74, 6) is -1.15. The smallest absolute Gasteiger partial charge is 0.416 e. The summed E-state index contributed by atoms with van der Waals surface area (Å²) in [7, 11) is 0. The van der Waals surface area contributed by atoms with E-state index in [1.54, 1.807) is 44.7 Å². The number of piperidine rings is 1. The van der Waals surface area contributed by atoms with Gasteiger partial charge >= 0.3 is 18.2 Å². The zero-order valence-electron chi connectivity index (χ0n) is 23.7. The zero-order chi connectivity index (χ0) is 30.7. The first-order valence-electron chi connectivity index (χ1n) is 13.5. The third kappa shape index (κ3) is 7.25. The van der Waals surface area contributed by atoms with Crippen LogP contribution in [0.5, 0.6) is 0 Å². The number of nitrogens with zero attached hydrogens (tertiary/aromatic N) is 3.